The summed E-state index contributed by atoms with van der Waals surface area (Å²) in [7, 11) is 0. The van der Waals surface area contributed by atoms with Crippen LogP contribution in [-0.2, 0) is 4.79 Å². The molecule has 7 atom stereocenters. The van der Waals surface area contributed by atoms with Crippen molar-refractivity contribution in [3.63, 3.8) is 0 Å². The Morgan fingerprint density at radius 1 is 1.17 bits per heavy atom. The molecule has 4 aliphatic rings. The molecule has 0 aromatic rings. The molecule has 0 amide bonds. The fourth-order valence-electron chi connectivity index (χ4n) is 7.21. The highest BCUT2D eigenvalue weighted by Gasteiger charge is 2.65. The van der Waals surface area contributed by atoms with Crippen LogP contribution in [0.25, 0.3) is 0 Å². The van der Waals surface area contributed by atoms with Crippen LogP contribution in [0.1, 0.15) is 72.1 Å². The third kappa shape index (κ3) is 2.02. The van der Waals surface area contributed by atoms with Gasteiger partial charge in [0.05, 0.1) is 0 Å². The SMILES string of the molecule is CC(=O)C1(O)CCC2C3CC=C4CC(Cl)CCC4(C)C3CCC21C. The first kappa shape index (κ1) is 17.1. The highest BCUT2D eigenvalue weighted by atomic mass is 35.5. The van der Waals surface area contributed by atoms with Crippen molar-refractivity contribution in [1.82, 2.24) is 0 Å². The molecule has 2 nitrogen and oxygen atoms in total. The summed E-state index contributed by atoms with van der Waals surface area (Å²) in [5, 5.41) is 11.5. The van der Waals surface area contributed by atoms with Gasteiger partial charge in [0, 0.05) is 10.8 Å². The van der Waals surface area contributed by atoms with Crippen LogP contribution in [-0.4, -0.2) is 21.9 Å². The first-order valence-corrected chi connectivity index (χ1v) is 10.2. The number of hydrogen-bond acceptors (Lipinski definition) is 2. The minimum Gasteiger partial charge on any atom is -0.382 e. The van der Waals surface area contributed by atoms with E-state index < -0.39 is 5.60 Å². The zero-order valence-corrected chi connectivity index (χ0v) is 16.0. The van der Waals surface area contributed by atoms with Gasteiger partial charge in [-0.25, -0.2) is 0 Å². The quantitative estimate of drug-likeness (QED) is 0.540. The van der Waals surface area contributed by atoms with E-state index in [1.165, 1.54) is 6.42 Å². The number of ketones is 1. The van der Waals surface area contributed by atoms with Crippen LogP contribution in [0.4, 0.5) is 0 Å². The Labute approximate surface area is 151 Å². The Balaban J connectivity index is 1.69. The van der Waals surface area contributed by atoms with Gasteiger partial charge < -0.3 is 5.11 Å². The van der Waals surface area contributed by atoms with Gasteiger partial charge in [-0.15, -0.1) is 11.6 Å². The molecule has 1 N–H and O–H groups in total. The van der Waals surface area contributed by atoms with Crippen molar-refractivity contribution in [1.29, 1.82) is 0 Å². The summed E-state index contributed by atoms with van der Waals surface area (Å²) >= 11 is 6.45. The molecule has 4 rings (SSSR count). The third-order valence-corrected chi connectivity index (χ3v) is 9.15. The second-order valence-electron chi connectivity index (χ2n) is 9.51. The molecular weight excluding hydrogens is 320 g/mol. The van der Waals surface area contributed by atoms with Gasteiger partial charge in [-0.3, -0.25) is 4.79 Å². The van der Waals surface area contributed by atoms with Crippen LogP contribution in [0.3, 0.4) is 0 Å². The Hall–Kier alpha value is -0.340. The van der Waals surface area contributed by atoms with Gasteiger partial charge >= 0.3 is 0 Å². The molecule has 3 saturated carbocycles. The van der Waals surface area contributed by atoms with Crippen molar-refractivity contribution < 1.29 is 9.90 Å². The summed E-state index contributed by atoms with van der Waals surface area (Å²) in [6.07, 6.45) is 10.8. The fraction of sp³-hybridized carbons (Fsp3) is 0.857. The molecule has 3 fully saturated rings. The molecule has 0 radical (unpaired) electrons. The van der Waals surface area contributed by atoms with Gasteiger partial charge in [-0.1, -0.05) is 25.5 Å². The minimum atomic E-state index is -1.10. The number of rotatable bonds is 1. The van der Waals surface area contributed by atoms with Gasteiger partial charge in [-0.2, -0.15) is 0 Å². The molecule has 0 aromatic carbocycles. The minimum absolute atomic E-state index is 0.0214. The summed E-state index contributed by atoms with van der Waals surface area (Å²) in [6, 6.07) is 0. The molecule has 7 unspecified atom stereocenters. The monoisotopic (exact) mass is 350 g/mol. The molecule has 134 valence electrons. The standard InChI is InChI=1S/C21H31ClO2/c1-13(23)21(24)11-8-18-16-5-4-14-12-15(22)6-9-19(14,2)17(16)7-10-20(18,21)3/h4,15-18,24H,5-12H2,1-3H3. The lowest BCUT2D eigenvalue weighted by Crippen LogP contribution is -2.56. The summed E-state index contributed by atoms with van der Waals surface area (Å²) < 4.78 is 0. The zero-order chi connectivity index (χ0) is 17.3. The molecule has 0 bridgehead atoms. The largest absolute Gasteiger partial charge is 0.382 e. The number of alkyl halides is 1. The number of aliphatic hydroxyl groups is 1. The summed E-state index contributed by atoms with van der Waals surface area (Å²) in [4.78, 5) is 12.2. The number of halogens is 1. The van der Waals surface area contributed by atoms with Gasteiger partial charge in [0.1, 0.15) is 5.60 Å². The Morgan fingerprint density at radius 2 is 1.88 bits per heavy atom. The lowest BCUT2D eigenvalue weighted by molar-refractivity contribution is -0.158. The van der Waals surface area contributed by atoms with E-state index >= 15 is 0 Å². The van der Waals surface area contributed by atoms with Crippen LogP contribution < -0.4 is 0 Å². The van der Waals surface area contributed by atoms with Gasteiger partial charge in [0.15, 0.2) is 5.78 Å². The maximum atomic E-state index is 12.2. The van der Waals surface area contributed by atoms with E-state index in [0.717, 1.165) is 38.5 Å². The molecule has 24 heavy (non-hydrogen) atoms. The predicted molar refractivity (Wildman–Crippen MR) is 97.0 cm³/mol. The summed E-state index contributed by atoms with van der Waals surface area (Å²) in [5.41, 5.74) is 0.567. The van der Waals surface area contributed by atoms with Crippen LogP contribution in [0.2, 0.25) is 0 Å². The molecule has 3 heteroatoms. The Kier molecular flexibility index (Phi) is 3.80. The average Bonchev–Trinajstić information content (AvgIpc) is 2.81. The molecule has 4 aliphatic carbocycles. The summed E-state index contributed by atoms with van der Waals surface area (Å²) in [6.45, 7) is 6.24. The van der Waals surface area contributed by atoms with Crippen molar-refractivity contribution in [2.24, 2.45) is 28.6 Å². The average molecular weight is 351 g/mol. The molecule has 0 spiro atoms. The normalized spacial score (nSPS) is 53.6. The second kappa shape index (κ2) is 5.33. The van der Waals surface area contributed by atoms with E-state index in [0.29, 0.717) is 35.0 Å². The maximum absolute atomic E-state index is 12.2. The van der Waals surface area contributed by atoms with Gasteiger partial charge in [-0.05, 0) is 81.5 Å². The highest BCUT2D eigenvalue weighted by Crippen LogP contribution is 2.67. The van der Waals surface area contributed by atoms with Crippen LogP contribution in [0.5, 0.6) is 0 Å². The van der Waals surface area contributed by atoms with Crippen LogP contribution in [0.15, 0.2) is 11.6 Å². The Morgan fingerprint density at radius 3 is 2.58 bits per heavy atom. The maximum Gasteiger partial charge on any atom is 0.161 e. The number of hydrogen-bond donors (Lipinski definition) is 1. The molecular formula is C21H31ClO2. The topological polar surface area (TPSA) is 37.3 Å². The first-order valence-electron chi connectivity index (χ1n) is 9.79. The highest BCUT2D eigenvalue weighted by molar-refractivity contribution is 6.20. The molecule has 0 aromatic heterocycles. The zero-order valence-electron chi connectivity index (χ0n) is 15.3. The van der Waals surface area contributed by atoms with Crippen molar-refractivity contribution in [3.8, 4) is 0 Å². The fourth-order valence-corrected chi connectivity index (χ4v) is 7.49. The van der Waals surface area contributed by atoms with Crippen LogP contribution >= 0.6 is 11.6 Å². The van der Waals surface area contributed by atoms with E-state index in [9.17, 15) is 9.90 Å². The van der Waals surface area contributed by atoms with Gasteiger partial charge in [0.2, 0.25) is 0 Å². The number of fused-ring (bicyclic) bond motifs is 5. The van der Waals surface area contributed by atoms with E-state index in [4.69, 9.17) is 11.6 Å². The van der Waals surface area contributed by atoms with E-state index in [1.807, 2.05) is 0 Å². The third-order valence-electron chi connectivity index (χ3n) is 8.78. The molecule has 0 aliphatic heterocycles. The molecule has 0 saturated heterocycles. The first-order chi connectivity index (χ1) is 11.2. The van der Waals surface area contributed by atoms with Crippen LogP contribution in [0, 0.1) is 28.6 Å². The van der Waals surface area contributed by atoms with Crippen molar-refractivity contribution in [2.45, 2.75) is 83.1 Å². The van der Waals surface area contributed by atoms with Crippen molar-refractivity contribution in [2.75, 3.05) is 0 Å². The summed E-state index contributed by atoms with van der Waals surface area (Å²) in [5.74, 6) is 1.78. The lowest BCUT2D eigenvalue weighted by atomic mass is 9.47. The van der Waals surface area contributed by atoms with Gasteiger partial charge in [0.25, 0.3) is 0 Å². The number of allylic oxidation sites excluding steroid dienone is 2. The van der Waals surface area contributed by atoms with E-state index in [-0.39, 0.29) is 11.2 Å². The number of carbonyl (C=O) groups excluding carboxylic acids is 1. The predicted octanol–water partition coefficient (Wildman–Crippen LogP) is 4.88. The molecule has 0 heterocycles. The van der Waals surface area contributed by atoms with Crippen molar-refractivity contribution in [3.05, 3.63) is 11.6 Å². The van der Waals surface area contributed by atoms with E-state index in [1.54, 1.807) is 12.5 Å². The number of Topliss-reactive ketones (excluding diaryl/α,β-unsaturated/α-hetero) is 1. The number of carbonyl (C=O) groups is 1. The second-order valence-corrected chi connectivity index (χ2v) is 10.1. The lowest BCUT2D eigenvalue weighted by Gasteiger charge is -2.58. The smallest absolute Gasteiger partial charge is 0.161 e. The van der Waals surface area contributed by atoms with E-state index in [2.05, 4.69) is 19.9 Å². The van der Waals surface area contributed by atoms with Crippen molar-refractivity contribution >= 4 is 17.4 Å². The Bertz CT molecular complexity index is 599.